The minimum absolute atomic E-state index is 0.00357. The van der Waals surface area contributed by atoms with Crippen LogP contribution in [-0.2, 0) is 10.0 Å². The molecule has 1 aliphatic rings. The molecular weight excluding hydrogens is 297 g/mol. The molecule has 0 spiro atoms. The first-order valence-electron chi connectivity index (χ1n) is 6.84. The van der Waals surface area contributed by atoms with E-state index in [2.05, 4.69) is 4.72 Å². The summed E-state index contributed by atoms with van der Waals surface area (Å²) in [4.78, 5) is 10.8. The molecule has 1 saturated carbocycles. The number of aryl methyl sites for hydroxylation is 1. The van der Waals surface area contributed by atoms with Crippen molar-refractivity contribution < 1.29 is 22.7 Å². The number of benzene rings is 1. The topological polar surface area (TPSA) is 83.5 Å². The SMILES string of the molecule is Cc1cc(S(=O)(=O)NCC2CCCC2)cc(C(=O)O)c1F. The van der Waals surface area contributed by atoms with Gasteiger partial charge in [-0.2, -0.15) is 0 Å². The quantitative estimate of drug-likeness (QED) is 0.873. The van der Waals surface area contributed by atoms with Crippen LogP contribution in [0.5, 0.6) is 0 Å². The molecule has 1 aromatic carbocycles. The average Bonchev–Trinajstić information content (AvgIpc) is 2.92. The maximum absolute atomic E-state index is 13.7. The van der Waals surface area contributed by atoms with Gasteiger partial charge in [0.1, 0.15) is 5.82 Å². The van der Waals surface area contributed by atoms with Crippen molar-refractivity contribution in [3.8, 4) is 0 Å². The van der Waals surface area contributed by atoms with Crippen LogP contribution in [0.25, 0.3) is 0 Å². The van der Waals surface area contributed by atoms with Crippen LogP contribution in [0.2, 0.25) is 0 Å². The lowest BCUT2D eigenvalue weighted by Gasteiger charge is -2.12. The molecule has 0 heterocycles. The molecule has 0 aliphatic heterocycles. The maximum Gasteiger partial charge on any atom is 0.338 e. The van der Waals surface area contributed by atoms with E-state index in [0.29, 0.717) is 12.5 Å². The third kappa shape index (κ3) is 3.59. The first-order chi connectivity index (χ1) is 9.81. The molecule has 21 heavy (non-hydrogen) atoms. The molecule has 0 saturated heterocycles. The summed E-state index contributed by atoms with van der Waals surface area (Å²) in [5, 5.41) is 8.93. The first-order valence-corrected chi connectivity index (χ1v) is 8.32. The number of aromatic carboxylic acids is 1. The van der Waals surface area contributed by atoms with Crippen LogP contribution < -0.4 is 4.72 Å². The van der Waals surface area contributed by atoms with Gasteiger partial charge in [0, 0.05) is 6.54 Å². The van der Waals surface area contributed by atoms with Crippen LogP contribution in [0.1, 0.15) is 41.6 Å². The van der Waals surface area contributed by atoms with Crippen LogP contribution in [0.15, 0.2) is 17.0 Å². The van der Waals surface area contributed by atoms with E-state index in [9.17, 15) is 17.6 Å². The highest BCUT2D eigenvalue weighted by atomic mass is 32.2. The number of rotatable bonds is 5. The lowest BCUT2D eigenvalue weighted by Crippen LogP contribution is -2.29. The van der Waals surface area contributed by atoms with E-state index in [1.165, 1.54) is 6.92 Å². The van der Waals surface area contributed by atoms with Crippen LogP contribution in [-0.4, -0.2) is 26.0 Å². The van der Waals surface area contributed by atoms with Crippen molar-refractivity contribution in [1.29, 1.82) is 0 Å². The summed E-state index contributed by atoms with van der Waals surface area (Å²) in [7, 11) is -3.82. The fraction of sp³-hybridized carbons (Fsp3) is 0.500. The molecule has 0 radical (unpaired) electrons. The summed E-state index contributed by atoms with van der Waals surface area (Å²) >= 11 is 0. The van der Waals surface area contributed by atoms with Crippen molar-refractivity contribution in [2.75, 3.05) is 6.54 Å². The molecule has 0 bridgehead atoms. The Labute approximate surface area is 123 Å². The van der Waals surface area contributed by atoms with Gasteiger partial charge in [0.2, 0.25) is 10.0 Å². The van der Waals surface area contributed by atoms with Crippen LogP contribution in [0, 0.1) is 18.7 Å². The highest BCUT2D eigenvalue weighted by molar-refractivity contribution is 7.89. The highest BCUT2D eigenvalue weighted by Crippen LogP contribution is 2.25. The number of hydrogen-bond acceptors (Lipinski definition) is 3. The van der Waals surface area contributed by atoms with Crippen LogP contribution in [0.4, 0.5) is 4.39 Å². The standard InChI is InChI=1S/C14H18FNO4S/c1-9-6-11(7-12(13(9)15)14(17)18)21(19,20)16-8-10-4-2-3-5-10/h6-7,10,16H,2-5,8H2,1H3,(H,17,18). The second-order valence-corrected chi connectivity index (χ2v) is 7.18. The molecule has 0 unspecified atom stereocenters. The summed E-state index contributed by atoms with van der Waals surface area (Å²) in [6.45, 7) is 1.68. The summed E-state index contributed by atoms with van der Waals surface area (Å²) < 4.78 is 40.5. The van der Waals surface area contributed by atoms with Crippen molar-refractivity contribution in [1.82, 2.24) is 4.72 Å². The fourth-order valence-electron chi connectivity index (χ4n) is 2.57. The minimum atomic E-state index is -3.82. The Morgan fingerprint density at radius 2 is 2.00 bits per heavy atom. The molecule has 116 valence electrons. The second-order valence-electron chi connectivity index (χ2n) is 5.41. The average molecular weight is 315 g/mol. The number of carbonyl (C=O) groups is 1. The van der Waals surface area contributed by atoms with Gasteiger partial charge in [0.15, 0.2) is 0 Å². The van der Waals surface area contributed by atoms with Crippen molar-refractivity contribution in [2.24, 2.45) is 5.92 Å². The van der Waals surface area contributed by atoms with Gasteiger partial charge in [-0.1, -0.05) is 12.8 Å². The largest absolute Gasteiger partial charge is 0.478 e. The minimum Gasteiger partial charge on any atom is -0.478 e. The van der Waals surface area contributed by atoms with E-state index < -0.39 is 27.4 Å². The molecule has 2 rings (SSSR count). The lowest BCUT2D eigenvalue weighted by atomic mass is 10.1. The number of sulfonamides is 1. The smallest absolute Gasteiger partial charge is 0.338 e. The van der Waals surface area contributed by atoms with E-state index in [1.807, 2.05) is 0 Å². The van der Waals surface area contributed by atoms with E-state index >= 15 is 0 Å². The molecule has 0 atom stereocenters. The van der Waals surface area contributed by atoms with Gasteiger partial charge in [-0.25, -0.2) is 22.3 Å². The lowest BCUT2D eigenvalue weighted by molar-refractivity contribution is 0.0691. The van der Waals surface area contributed by atoms with Crippen LogP contribution >= 0.6 is 0 Å². The first kappa shape index (κ1) is 15.9. The molecule has 7 heteroatoms. The van der Waals surface area contributed by atoms with Gasteiger partial charge in [0.25, 0.3) is 0 Å². The molecule has 2 N–H and O–H groups in total. The fourth-order valence-corrected chi connectivity index (χ4v) is 3.80. The van der Waals surface area contributed by atoms with Gasteiger partial charge >= 0.3 is 5.97 Å². The predicted molar refractivity (Wildman–Crippen MR) is 75.2 cm³/mol. The zero-order valence-corrected chi connectivity index (χ0v) is 12.5. The number of hydrogen-bond donors (Lipinski definition) is 2. The molecule has 1 aliphatic carbocycles. The normalized spacial score (nSPS) is 16.3. The van der Waals surface area contributed by atoms with E-state index in [0.717, 1.165) is 37.8 Å². The van der Waals surface area contributed by atoms with Crippen molar-refractivity contribution in [3.63, 3.8) is 0 Å². The molecule has 1 aromatic rings. The Balaban J connectivity index is 2.24. The van der Waals surface area contributed by atoms with Crippen LogP contribution in [0.3, 0.4) is 0 Å². The summed E-state index contributed by atoms with van der Waals surface area (Å²) in [5.74, 6) is -2.07. The van der Waals surface area contributed by atoms with Gasteiger partial charge in [-0.05, 0) is 43.4 Å². The highest BCUT2D eigenvalue weighted by Gasteiger charge is 2.23. The Kier molecular flexibility index (Phi) is 4.63. The van der Waals surface area contributed by atoms with Gasteiger partial charge < -0.3 is 5.11 Å². The van der Waals surface area contributed by atoms with E-state index in [-0.39, 0.29) is 10.5 Å². The molecule has 1 fully saturated rings. The van der Waals surface area contributed by atoms with Crippen molar-refractivity contribution in [3.05, 3.63) is 29.1 Å². The van der Waals surface area contributed by atoms with Crippen molar-refractivity contribution >= 4 is 16.0 Å². The molecule has 0 aromatic heterocycles. The number of carboxylic acid groups (broad SMARTS) is 1. The zero-order valence-electron chi connectivity index (χ0n) is 11.7. The Hall–Kier alpha value is -1.47. The maximum atomic E-state index is 13.7. The number of halogens is 1. The van der Waals surface area contributed by atoms with Gasteiger partial charge in [0.05, 0.1) is 10.5 Å². The third-order valence-corrected chi connectivity index (χ3v) is 5.21. The summed E-state index contributed by atoms with van der Waals surface area (Å²) in [6.07, 6.45) is 4.19. The Bertz CT molecular complexity index is 651. The van der Waals surface area contributed by atoms with E-state index in [4.69, 9.17) is 5.11 Å². The number of carboxylic acids is 1. The molecule has 5 nitrogen and oxygen atoms in total. The predicted octanol–water partition coefficient (Wildman–Crippen LogP) is 2.30. The molecular formula is C14H18FNO4S. The summed E-state index contributed by atoms with van der Waals surface area (Å²) in [6, 6.07) is 2.01. The Morgan fingerprint density at radius 1 is 1.38 bits per heavy atom. The van der Waals surface area contributed by atoms with Gasteiger partial charge in [-0.15, -0.1) is 0 Å². The Morgan fingerprint density at radius 3 is 2.57 bits per heavy atom. The second kappa shape index (κ2) is 6.11. The van der Waals surface area contributed by atoms with E-state index in [1.54, 1.807) is 0 Å². The third-order valence-electron chi connectivity index (χ3n) is 3.81. The monoisotopic (exact) mass is 315 g/mol. The van der Waals surface area contributed by atoms with Gasteiger partial charge in [-0.3, -0.25) is 0 Å². The molecule has 0 amide bonds. The zero-order chi connectivity index (χ0) is 15.6. The number of nitrogens with one attached hydrogen (secondary N) is 1. The summed E-state index contributed by atoms with van der Waals surface area (Å²) in [5.41, 5.74) is -0.632. The van der Waals surface area contributed by atoms with Crippen molar-refractivity contribution in [2.45, 2.75) is 37.5 Å².